The van der Waals surface area contributed by atoms with Crippen molar-refractivity contribution in [3.63, 3.8) is 0 Å². The molecule has 0 heterocycles. The molecule has 0 spiro atoms. The van der Waals surface area contributed by atoms with Crippen LogP contribution in [0.15, 0.2) is 11.6 Å². The summed E-state index contributed by atoms with van der Waals surface area (Å²) in [6.07, 6.45) is 11.9. The van der Waals surface area contributed by atoms with Crippen LogP contribution in [0.25, 0.3) is 0 Å². The maximum absolute atomic E-state index is 10.6. The van der Waals surface area contributed by atoms with Gasteiger partial charge in [0, 0.05) is 11.8 Å². The molecule has 3 saturated carbocycles. The zero-order valence-electron chi connectivity index (χ0n) is 15.8. The zero-order valence-corrected chi connectivity index (χ0v) is 15.8. The van der Waals surface area contributed by atoms with E-state index in [2.05, 4.69) is 26.0 Å². The van der Waals surface area contributed by atoms with E-state index in [1.54, 1.807) is 5.57 Å². The van der Waals surface area contributed by atoms with Gasteiger partial charge in [-0.1, -0.05) is 25.5 Å². The predicted molar refractivity (Wildman–Crippen MR) is 97.5 cm³/mol. The number of allylic oxidation sites excluding steroid dienone is 2. The molecule has 0 aromatic heterocycles. The summed E-state index contributed by atoms with van der Waals surface area (Å²) in [5, 5.41) is 30.2. The minimum Gasteiger partial charge on any atom is -0.393 e. The Morgan fingerprint density at radius 3 is 2.72 bits per heavy atom. The molecule has 0 aromatic rings. The van der Waals surface area contributed by atoms with Gasteiger partial charge in [-0.25, -0.2) is 0 Å². The Morgan fingerprint density at radius 2 is 1.96 bits per heavy atom. The van der Waals surface area contributed by atoms with E-state index in [0.29, 0.717) is 18.3 Å². The Kier molecular flexibility index (Phi) is 4.09. The second-order valence-corrected chi connectivity index (χ2v) is 9.88. The lowest BCUT2D eigenvalue weighted by atomic mass is 9.42. The van der Waals surface area contributed by atoms with Crippen molar-refractivity contribution in [3.8, 4) is 6.07 Å². The first kappa shape index (κ1) is 17.6. The molecule has 4 aliphatic carbocycles. The van der Waals surface area contributed by atoms with Crippen LogP contribution in [0.4, 0.5) is 0 Å². The van der Waals surface area contributed by atoms with Crippen LogP contribution >= 0.6 is 0 Å². The van der Waals surface area contributed by atoms with Crippen LogP contribution in [0.5, 0.6) is 0 Å². The summed E-state index contributed by atoms with van der Waals surface area (Å²) in [5.74, 6) is 1.21. The quantitative estimate of drug-likeness (QED) is 0.733. The molecule has 2 N–H and O–H groups in total. The summed E-state index contributed by atoms with van der Waals surface area (Å²) in [7, 11) is 0. The molecule has 4 rings (SSSR count). The molecule has 0 aromatic carbocycles. The van der Waals surface area contributed by atoms with Crippen LogP contribution in [-0.2, 0) is 0 Å². The zero-order chi connectivity index (χ0) is 17.9. The SMILES string of the molecule is C[C@]12CC=C3[C@@H](CC[C@]4(CCC#N)C[C@@H](O)CC[C@]34C)[C@@H]1CC[C@@H]2O. The van der Waals surface area contributed by atoms with Crippen molar-refractivity contribution in [1.29, 1.82) is 5.26 Å². The lowest BCUT2D eigenvalue weighted by molar-refractivity contribution is -0.0889. The van der Waals surface area contributed by atoms with Gasteiger partial charge in [0.05, 0.1) is 18.3 Å². The molecule has 4 aliphatic rings. The fourth-order valence-electron chi connectivity index (χ4n) is 7.44. The minimum atomic E-state index is -0.203. The van der Waals surface area contributed by atoms with E-state index in [1.165, 1.54) is 6.42 Å². The third-order valence-electron chi connectivity index (χ3n) is 9.07. The smallest absolute Gasteiger partial charge is 0.0621 e. The molecule has 0 saturated heterocycles. The highest BCUT2D eigenvalue weighted by Crippen LogP contribution is 2.69. The number of fused-ring (bicyclic) bond motifs is 5. The fraction of sp³-hybridized carbons (Fsp3) is 0.864. The standard InChI is InChI=1S/C22H33NO2/c1-20-10-8-18-16(17(20)4-5-19(20)25)7-12-22(9-3-13-23)14-15(24)6-11-21(18,22)2/h8,15-17,19,24-25H,3-7,9-12,14H2,1-2H3/t15-,16-,17-,19-,20-,21+,22+/m0/s1. The topological polar surface area (TPSA) is 64.2 Å². The van der Waals surface area contributed by atoms with Gasteiger partial charge < -0.3 is 10.2 Å². The van der Waals surface area contributed by atoms with Gasteiger partial charge in [-0.15, -0.1) is 0 Å². The number of aliphatic hydroxyl groups is 2. The molecule has 138 valence electrons. The van der Waals surface area contributed by atoms with Gasteiger partial charge in [0.1, 0.15) is 0 Å². The van der Waals surface area contributed by atoms with E-state index in [-0.39, 0.29) is 28.5 Å². The van der Waals surface area contributed by atoms with Gasteiger partial charge in [-0.05, 0) is 80.5 Å². The lowest BCUT2D eigenvalue weighted by Gasteiger charge is -2.62. The number of rotatable bonds is 2. The number of hydrogen-bond donors (Lipinski definition) is 2. The third kappa shape index (κ3) is 2.30. The highest BCUT2D eigenvalue weighted by Gasteiger charge is 2.61. The van der Waals surface area contributed by atoms with E-state index < -0.39 is 0 Å². The molecule has 0 bridgehead atoms. The minimum absolute atomic E-state index is 0.0609. The Morgan fingerprint density at radius 1 is 1.16 bits per heavy atom. The molecule has 7 atom stereocenters. The monoisotopic (exact) mass is 343 g/mol. The summed E-state index contributed by atoms with van der Waals surface area (Å²) >= 11 is 0. The second-order valence-electron chi connectivity index (χ2n) is 9.88. The highest BCUT2D eigenvalue weighted by atomic mass is 16.3. The summed E-state index contributed by atoms with van der Waals surface area (Å²) in [6.45, 7) is 4.73. The molecule has 0 aliphatic heterocycles. The van der Waals surface area contributed by atoms with E-state index >= 15 is 0 Å². The average Bonchev–Trinajstić information content (AvgIpc) is 2.89. The molecule has 0 unspecified atom stereocenters. The highest BCUT2D eigenvalue weighted by molar-refractivity contribution is 5.31. The first-order valence-electron chi connectivity index (χ1n) is 10.3. The molecule has 0 amide bonds. The number of aliphatic hydroxyl groups excluding tert-OH is 2. The Bertz CT molecular complexity index is 622. The molecule has 3 fully saturated rings. The molecule has 25 heavy (non-hydrogen) atoms. The van der Waals surface area contributed by atoms with E-state index in [0.717, 1.165) is 51.4 Å². The molecular weight excluding hydrogens is 310 g/mol. The molecule has 3 heteroatoms. The lowest BCUT2D eigenvalue weighted by Crippen LogP contribution is -2.55. The summed E-state index contributed by atoms with van der Waals surface area (Å²) < 4.78 is 0. The third-order valence-corrected chi connectivity index (χ3v) is 9.07. The summed E-state index contributed by atoms with van der Waals surface area (Å²) in [5.41, 5.74) is 1.90. The van der Waals surface area contributed by atoms with Crippen LogP contribution < -0.4 is 0 Å². The molecule has 3 nitrogen and oxygen atoms in total. The van der Waals surface area contributed by atoms with Gasteiger partial charge in [0.15, 0.2) is 0 Å². The number of nitriles is 1. The molecular formula is C22H33NO2. The van der Waals surface area contributed by atoms with Crippen molar-refractivity contribution in [2.24, 2.45) is 28.1 Å². The first-order valence-corrected chi connectivity index (χ1v) is 10.3. The van der Waals surface area contributed by atoms with Crippen molar-refractivity contribution in [2.75, 3.05) is 0 Å². The maximum Gasteiger partial charge on any atom is 0.0621 e. The molecule has 0 radical (unpaired) electrons. The van der Waals surface area contributed by atoms with Gasteiger partial charge >= 0.3 is 0 Å². The predicted octanol–water partition coefficient (Wildman–Crippen LogP) is 4.34. The van der Waals surface area contributed by atoms with Gasteiger partial charge in [0.25, 0.3) is 0 Å². The van der Waals surface area contributed by atoms with Gasteiger partial charge in [-0.3, -0.25) is 0 Å². The van der Waals surface area contributed by atoms with Crippen molar-refractivity contribution >= 4 is 0 Å². The summed E-state index contributed by atoms with van der Waals surface area (Å²) in [6, 6.07) is 2.36. The van der Waals surface area contributed by atoms with E-state index in [1.807, 2.05) is 0 Å². The second kappa shape index (κ2) is 5.83. The summed E-state index contributed by atoms with van der Waals surface area (Å²) in [4.78, 5) is 0. The van der Waals surface area contributed by atoms with E-state index in [4.69, 9.17) is 0 Å². The maximum atomic E-state index is 10.6. The largest absolute Gasteiger partial charge is 0.393 e. The van der Waals surface area contributed by atoms with Crippen molar-refractivity contribution in [2.45, 2.75) is 90.3 Å². The number of nitrogens with zero attached hydrogens (tertiary/aromatic N) is 1. The van der Waals surface area contributed by atoms with Crippen LogP contribution in [0, 0.1) is 39.4 Å². The van der Waals surface area contributed by atoms with Crippen molar-refractivity contribution in [3.05, 3.63) is 11.6 Å². The Hall–Kier alpha value is -0.850. The normalized spacial score (nSPS) is 51.7. The van der Waals surface area contributed by atoms with Crippen LogP contribution in [0.2, 0.25) is 0 Å². The van der Waals surface area contributed by atoms with Gasteiger partial charge in [-0.2, -0.15) is 5.26 Å². The van der Waals surface area contributed by atoms with E-state index in [9.17, 15) is 15.5 Å². The first-order chi connectivity index (χ1) is 11.9. The van der Waals surface area contributed by atoms with Crippen LogP contribution in [0.1, 0.15) is 78.1 Å². The van der Waals surface area contributed by atoms with Crippen molar-refractivity contribution in [1.82, 2.24) is 0 Å². The van der Waals surface area contributed by atoms with Crippen LogP contribution in [0.3, 0.4) is 0 Å². The van der Waals surface area contributed by atoms with Crippen LogP contribution in [-0.4, -0.2) is 22.4 Å². The Balaban J connectivity index is 1.73. The Labute approximate surface area is 152 Å². The fourth-order valence-corrected chi connectivity index (χ4v) is 7.44. The van der Waals surface area contributed by atoms with Gasteiger partial charge in [0.2, 0.25) is 0 Å². The average molecular weight is 344 g/mol. The number of hydrogen-bond acceptors (Lipinski definition) is 3. The van der Waals surface area contributed by atoms with Crippen molar-refractivity contribution < 1.29 is 10.2 Å².